The monoisotopic (exact) mass is 318 g/mol. The maximum absolute atomic E-state index is 12.6. The summed E-state index contributed by atoms with van der Waals surface area (Å²) in [6.45, 7) is 4.31. The van der Waals surface area contributed by atoms with Crippen LogP contribution in [0.1, 0.15) is 35.3 Å². The lowest BCUT2D eigenvalue weighted by molar-refractivity contribution is 0.103. The molecular weight excluding hydrogens is 300 g/mol. The van der Waals surface area contributed by atoms with E-state index in [1.165, 1.54) is 24.8 Å². The second-order valence-electron chi connectivity index (χ2n) is 5.63. The van der Waals surface area contributed by atoms with Crippen LogP contribution in [0.4, 0.5) is 0 Å². The summed E-state index contributed by atoms with van der Waals surface area (Å²) < 4.78 is 5.16. The van der Waals surface area contributed by atoms with Crippen LogP contribution in [-0.2, 0) is 6.42 Å². The molecule has 1 N–H and O–H groups in total. The van der Waals surface area contributed by atoms with Gasteiger partial charge in [-0.1, -0.05) is 49.7 Å². The smallest absolute Gasteiger partial charge is 0.198 e. The number of ketones is 1. The van der Waals surface area contributed by atoms with Crippen LogP contribution in [0.2, 0.25) is 5.02 Å². The van der Waals surface area contributed by atoms with Crippen molar-refractivity contribution in [2.24, 2.45) is 5.92 Å². The van der Waals surface area contributed by atoms with E-state index in [0.29, 0.717) is 11.5 Å². The van der Waals surface area contributed by atoms with E-state index in [2.05, 4.69) is 13.8 Å². The number of rotatable bonds is 5. The fraction of sp³-hybridized carbons (Fsp3) is 0.278. The molecule has 3 nitrogen and oxygen atoms in total. The molecule has 2 aromatic carbocycles. The predicted octanol–water partition coefficient (Wildman–Crippen LogP) is 4.48. The second-order valence-corrected chi connectivity index (χ2v) is 6.04. The molecule has 116 valence electrons. The fourth-order valence-corrected chi connectivity index (χ4v) is 2.65. The van der Waals surface area contributed by atoms with Crippen molar-refractivity contribution in [3.05, 3.63) is 58.1 Å². The van der Waals surface area contributed by atoms with Crippen LogP contribution < -0.4 is 4.74 Å². The second kappa shape index (κ2) is 6.84. The first-order valence-electron chi connectivity index (χ1n) is 7.12. The van der Waals surface area contributed by atoms with Gasteiger partial charge in [0.15, 0.2) is 5.78 Å². The van der Waals surface area contributed by atoms with Crippen LogP contribution in [0.15, 0.2) is 36.4 Å². The number of phenolic OH excluding ortho intramolecular Hbond substituents is 1. The molecule has 0 amide bonds. The van der Waals surface area contributed by atoms with Crippen molar-refractivity contribution in [3.8, 4) is 11.5 Å². The lowest BCUT2D eigenvalue weighted by atomic mass is 9.98. The molecule has 0 bridgehead atoms. The summed E-state index contributed by atoms with van der Waals surface area (Å²) in [5, 5.41) is 9.72. The zero-order valence-corrected chi connectivity index (χ0v) is 13.6. The highest BCUT2D eigenvalue weighted by Gasteiger charge is 2.19. The quantitative estimate of drug-likeness (QED) is 0.827. The molecule has 0 saturated heterocycles. The Bertz CT molecular complexity index is 675. The van der Waals surface area contributed by atoms with Gasteiger partial charge in [-0.25, -0.2) is 0 Å². The van der Waals surface area contributed by atoms with Gasteiger partial charge < -0.3 is 9.84 Å². The van der Waals surface area contributed by atoms with Crippen molar-refractivity contribution in [1.82, 2.24) is 0 Å². The van der Waals surface area contributed by atoms with Gasteiger partial charge in [-0.15, -0.1) is 0 Å². The van der Waals surface area contributed by atoms with Crippen molar-refractivity contribution in [1.29, 1.82) is 0 Å². The largest absolute Gasteiger partial charge is 0.508 e. The van der Waals surface area contributed by atoms with Gasteiger partial charge in [-0.05, 0) is 24.0 Å². The molecule has 22 heavy (non-hydrogen) atoms. The third-order valence-corrected chi connectivity index (χ3v) is 3.64. The molecule has 0 spiro atoms. The van der Waals surface area contributed by atoms with Gasteiger partial charge in [-0.2, -0.15) is 0 Å². The summed E-state index contributed by atoms with van der Waals surface area (Å²) in [5.74, 6) is 0.568. The van der Waals surface area contributed by atoms with Crippen molar-refractivity contribution in [2.45, 2.75) is 20.3 Å². The Hall–Kier alpha value is -2.00. The maximum atomic E-state index is 12.6. The SMILES string of the molecule is COc1cc(O)cc(Cl)c1C(=O)c1ccc(CC(C)C)cc1. The average Bonchev–Trinajstić information content (AvgIpc) is 2.46. The van der Waals surface area contributed by atoms with Crippen LogP contribution in [0, 0.1) is 5.92 Å². The normalized spacial score (nSPS) is 10.8. The van der Waals surface area contributed by atoms with E-state index in [4.69, 9.17) is 16.3 Å². The minimum atomic E-state index is -0.224. The van der Waals surface area contributed by atoms with Crippen molar-refractivity contribution >= 4 is 17.4 Å². The molecule has 0 aromatic heterocycles. The Morgan fingerprint density at radius 1 is 1.23 bits per heavy atom. The summed E-state index contributed by atoms with van der Waals surface area (Å²) >= 11 is 6.10. The van der Waals surface area contributed by atoms with Gasteiger partial charge in [0, 0.05) is 11.6 Å². The molecule has 0 atom stereocenters. The Labute approximate surface area is 135 Å². The number of phenols is 1. The van der Waals surface area contributed by atoms with Gasteiger partial charge >= 0.3 is 0 Å². The van der Waals surface area contributed by atoms with Crippen molar-refractivity contribution < 1.29 is 14.6 Å². The van der Waals surface area contributed by atoms with Gasteiger partial charge in [0.25, 0.3) is 0 Å². The number of hydrogen-bond donors (Lipinski definition) is 1. The molecule has 2 aromatic rings. The van der Waals surface area contributed by atoms with E-state index in [0.717, 1.165) is 6.42 Å². The number of benzene rings is 2. The van der Waals surface area contributed by atoms with Crippen molar-refractivity contribution in [3.63, 3.8) is 0 Å². The summed E-state index contributed by atoms with van der Waals surface area (Å²) in [6, 6.07) is 10.2. The Balaban J connectivity index is 2.36. The lowest BCUT2D eigenvalue weighted by Gasteiger charge is -2.11. The van der Waals surface area contributed by atoms with E-state index in [-0.39, 0.29) is 27.9 Å². The number of aromatic hydroxyl groups is 1. The highest BCUT2D eigenvalue weighted by atomic mass is 35.5. The Morgan fingerprint density at radius 2 is 1.86 bits per heavy atom. The van der Waals surface area contributed by atoms with Gasteiger partial charge in [-0.3, -0.25) is 4.79 Å². The van der Waals surface area contributed by atoms with Gasteiger partial charge in [0.05, 0.1) is 17.7 Å². The minimum Gasteiger partial charge on any atom is -0.508 e. The number of carbonyl (C=O) groups excluding carboxylic acids is 1. The van der Waals surface area contributed by atoms with Gasteiger partial charge in [0.2, 0.25) is 0 Å². The van der Waals surface area contributed by atoms with Crippen LogP contribution in [0.5, 0.6) is 11.5 Å². The van der Waals surface area contributed by atoms with E-state index < -0.39 is 0 Å². The minimum absolute atomic E-state index is 0.0364. The molecule has 0 unspecified atom stereocenters. The van der Waals surface area contributed by atoms with E-state index in [9.17, 15) is 9.90 Å². The van der Waals surface area contributed by atoms with Crippen molar-refractivity contribution in [2.75, 3.05) is 7.11 Å². The summed E-state index contributed by atoms with van der Waals surface area (Å²) in [5.41, 5.74) is 1.99. The Kier molecular flexibility index (Phi) is 5.09. The van der Waals surface area contributed by atoms with E-state index in [1.54, 1.807) is 12.1 Å². The first kappa shape index (κ1) is 16.4. The molecule has 0 saturated carbocycles. The summed E-state index contributed by atoms with van der Waals surface area (Å²) in [4.78, 5) is 12.6. The van der Waals surface area contributed by atoms with E-state index >= 15 is 0 Å². The summed E-state index contributed by atoms with van der Waals surface area (Å²) in [6.07, 6.45) is 0.970. The standard InChI is InChI=1S/C18H19ClO3/c1-11(2)8-12-4-6-13(7-5-12)18(21)17-15(19)9-14(20)10-16(17)22-3/h4-7,9-11,20H,8H2,1-3H3. The molecule has 0 radical (unpaired) electrons. The zero-order valence-electron chi connectivity index (χ0n) is 12.9. The number of hydrogen-bond acceptors (Lipinski definition) is 3. The topological polar surface area (TPSA) is 46.5 Å². The molecule has 0 heterocycles. The number of halogens is 1. The lowest BCUT2D eigenvalue weighted by Crippen LogP contribution is -2.05. The third-order valence-electron chi connectivity index (χ3n) is 3.35. The highest BCUT2D eigenvalue weighted by molar-refractivity contribution is 6.35. The van der Waals surface area contributed by atoms with Crippen LogP contribution in [-0.4, -0.2) is 18.0 Å². The Morgan fingerprint density at radius 3 is 2.41 bits per heavy atom. The number of ether oxygens (including phenoxy) is 1. The first-order valence-corrected chi connectivity index (χ1v) is 7.50. The summed E-state index contributed by atoms with van der Waals surface area (Å²) in [7, 11) is 1.44. The average molecular weight is 319 g/mol. The van der Waals surface area contributed by atoms with Gasteiger partial charge in [0.1, 0.15) is 11.5 Å². The fourth-order valence-electron chi connectivity index (χ4n) is 2.36. The first-order chi connectivity index (χ1) is 10.4. The predicted molar refractivity (Wildman–Crippen MR) is 88.1 cm³/mol. The van der Waals surface area contributed by atoms with Crippen LogP contribution in [0.25, 0.3) is 0 Å². The highest BCUT2D eigenvalue weighted by Crippen LogP contribution is 2.33. The molecular formula is C18H19ClO3. The molecule has 2 rings (SSSR count). The maximum Gasteiger partial charge on any atom is 0.198 e. The van der Waals surface area contributed by atoms with Crippen LogP contribution in [0.3, 0.4) is 0 Å². The molecule has 4 heteroatoms. The molecule has 0 aliphatic carbocycles. The van der Waals surface area contributed by atoms with Crippen LogP contribution >= 0.6 is 11.6 Å². The molecule has 0 fully saturated rings. The number of methoxy groups -OCH3 is 1. The van der Waals surface area contributed by atoms with E-state index in [1.807, 2.05) is 12.1 Å². The molecule has 0 aliphatic heterocycles. The molecule has 0 aliphatic rings. The third kappa shape index (κ3) is 3.60. The zero-order chi connectivity index (χ0) is 16.3. The number of carbonyl (C=O) groups is 1.